The fourth-order valence-corrected chi connectivity index (χ4v) is 1.30. The van der Waals surface area contributed by atoms with Crippen LogP contribution in [-0.4, -0.2) is 31.1 Å². The van der Waals surface area contributed by atoms with Gasteiger partial charge in [-0.2, -0.15) is 4.73 Å². The highest BCUT2D eigenvalue weighted by molar-refractivity contribution is 5.96. The number of hydrogen-bond acceptors (Lipinski definition) is 5. The van der Waals surface area contributed by atoms with E-state index in [0.29, 0.717) is 11.3 Å². The predicted octanol–water partition coefficient (Wildman–Crippen LogP) is -0.0414. The van der Waals surface area contributed by atoms with Gasteiger partial charge < -0.3 is 15.3 Å². The first-order chi connectivity index (χ1) is 9.90. The van der Waals surface area contributed by atoms with Crippen molar-refractivity contribution in [2.24, 2.45) is 5.92 Å². The Hall–Kier alpha value is -2.64. The van der Waals surface area contributed by atoms with Crippen LogP contribution in [-0.2, 0) is 9.53 Å². The van der Waals surface area contributed by atoms with Gasteiger partial charge in [-0.25, -0.2) is 9.59 Å². The Kier molecular flexibility index (Phi) is 6.12. The summed E-state index contributed by atoms with van der Waals surface area (Å²) in [7, 11) is 0. The summed E-state index contributed by atoms with van der Waals surface area (Å²) in [4.78, 5) is 34.2. The number of carbonyl (C=O) groups excluding carboxylic acids is 3. The van der Waals surface area contributed by atoms with Crippen LogP contribution >= 0.6 is 0 Å². The van der Waals surface area contributed by atoms with Crippen LogP contribution in [0.25, 0.3) is 0 Å². The first kappa shape index (κ1) is 16.4. The van der Waals surface area contributed by atoms with Crippen molar-refractivity contribution in [3.8, 4) is 0 Å². The van der Waals surface area contributed by atoms with Crippen molar-refractivity contribution >= 4 is 17.9 Å². The Bertz CT molecular complexity index is 530. The number of ether oxygens (including phenoxy) is 1. The second-order valence-electron chi connectivity index (χ2n) is 4.64. The third-order valence-electron chi connectivity index (χ3n) is 2.29. The molecule has 1 aromatic rings. The van der Waals surface area contributed by atoms with Crippen molar-refractivity contribution in [3.05, 3.63) is 35.3 Å². The molecule has 0 bridgehead atoms. The lowest BCUT2D eigenvalue weighted by Gasteiger charge is -2.08. The van der Waals surface area contributed by atoms with Crippen LogP contribution in [0.2, 0.25) is 0 Å². The van der Waals surface area contributed by atoms with Gasteiger partial charge in [0, 0.05) is 18.7 Å². The molecular weight excluding hydrogens is 278 g/mol. The highest BCUT2D eigenvalue weighted by Gasteiger charge is 2.18. The number of nitrogens with one attached hydrogen (secondary N) is 2. The molecule has 1 rings (SSSR count). The predicted molar refractivity (Wildman–Crippen MR) is 72.1 cm³/mol. The summed E-state index contributed by atoms with van der Waals surface area (Å²) in [6, 6.07) is 3.55. The van der Waals surface area contributed by atoms with Crippen molar-refractivity contribution in [1.29, 1.82) is 0 Å². The van der Waals surface area contributed by atoms with Crippen LogP contribution in [0.4, 0.5) is 4.79 Å². The van der Waals surface area contributed by atoms with E-state index < -0.39 is 24.5 Å². The van der Waals surface area contributed by atoms with E-state index >= 15 is 0 Å². The standard InChI is InChI=1S/C13H17N3O5/c1-9(2)7-14-13(19)15-11(17)8-21-12(18)10-5-3-4-6-16(10)20/h3-6,9H,7-8H2,1-2H3,(H2,14,15,17,19). The number of amides is 3. The molecule has 0 aromatic carbocycles. The van der Waals surface area contributed by atoms with Crippen molar-refractivity contribution in [1.82, 2.24) is 10.6 Å². The number of carbonyl (C=O) groups is 3. The van der Waals surface area contributed by atoms with Gasteiger partial charge in [0.15, 0.2) is 12.8 Å². The Morgan fingerprint density at radius 2 is 2.05 bits per heavy atom. The molecule has 0 saturated carbocycles. The van der Waals surface area contributed by atoms with Crippen LogP contribution in [0.15, 0.2) is 24.4 Å². The Labute approximate surface area is 121 Å². The molecule has 114 valence electrons. The van der Waals surface area contributed by atoms with E-state index in [-0.39, 0.29) is 11.6 Å². The van der Waals surface area contributed by atoms with Gasteiger partial charge in [-0.05, 0) is 12.0 Å². The molecule has 0 aliphatic carbocycles. The molecule has 1 heterocycles. The fourth-order valence-electron chi connectivity index (χ4n) is 1.30. The summed E-state index contributed by atoms with van der Waals surface area (Å²) >= 11 is 0. The average Bonchev–Trinajstić information content (AvgIpc) is 2.43. The quantitative estimate of drug-likeness (QED) is 0.450. The van der Waals surface area contributed by atoms with E-state index in [1.807, 2.05) is 19.2 Å². The van der Waals surface area contributed by atoms with Gasteiger partial charge in [0.1, 0.15) is 0 Å². The second-order valence-corrected chi connectivity index (χ2v) is 4.64. The minimum Gasteiger partial charge on any atom is -0.618 e. The maximum atomic E-state index is 11.5. The topological polar surface area (TPSA) is 111 Å². The van der Waals surface area contributed by atoms with Gasteiger partial charge in [0.25, 0.3) is 5.91 Å². The second kappa shape index (κ2) is 7.83. The number of nitrogens with zero attached hydrogens (tertiary/aromatic N) is 1. The van der Waals surface area contributed by atoms with Crippen molar-refractivity contribution in [2.75, 3.05) is 13.2 Å². The van der Waals surface area contributed by atoms with Crippen LogP contribution < -0.4 is 15.4 Å². The first-order valence-corrected chi connectivity index (χ1v) is 6.33. The van der Waals surface area contributed by atoms with Crippen LogP contribution in [0.5, 0.6) is 0 Å². The van der Waals surface area contributed by atoms with Crippen LogP contribution in [0.3, 0.4) is 0 Å². The normalized spacial score (nSPS) is 10.0. The number of aromatic nitrogens is 1. The zero-order valence-electron chi connectivity index (χ0n) is 11.8. The molecule has 0 fully saturated rings. The Morgan fingerprint density at radius 3 is 2.67 bits per heavy atom. The van der Waals surface area contributed by atoms with Crippen molar-refractivity contribution in [3.63, 3.8) is 0 Å². The summed E-state index contributed by atoms with van der Waals surface area (Å²) in [5.74, 6) is -1.48. The third kappa shape index (κ3) is 5.89. The number of hydrogen-bond donors (Lipinski definition) is 2. The van der Waals surface area contributed by atoms with E-state index in [4.69, 9.17) is 0 Å². The number of urea groups is 1. The molecule has 0 saturated heterocycles. The van der Waals surface area contributed by atoms with E-state index in [2.05, 4.69) is 10.1 Å². The van der Waals surface area contributed by atoms with Gasteiger partial charge in [-0.3, -0.25) is 10.1 Å². The van der Waals surface area contributed by atoms with Crippen LogP contribution in [0.1, 0.15) is 24.3 Å². The molecule has 21 heavy (non-hydrogen) atoms. The smallest absolute Gasteiger partial charge is 0.405 e. The lowest BCUT2D eigenvalue weighted by molar-refractivity contribution is -0.608. The maximum absolute atomic E-state index is 11.5. The summed E-state index contributed by atoms with van der Waals surface area (Å²) in [5, 5.41) is 15.8. The van der Waals surface area contributed by atoms with Gasteiger partial charge in [0.05, 0.1) is 0 Å². The van der Waals surface area contributed by atoms with Gasteiger partial charge in [-0.1, -0.05) is 13.8 Å². The molecule has 0 aliphatic rings. The first-order valence-electron chi connectivity index (χ1n) is 6.33. The highest BCUT2D eigenvalue weighted by atomic mass is 16.5. The molecule has 3 amide bonds. The zero-order valence-corrected chi connectivity index (χ0v) is 11.8. The van der Waals surface area contributed by atoms with Gasteiger partial charge in [0.2, 0.25) is 0 Å². The van der Waals surface area contributed by atoms with E-state index in [1.54, 1.807) is 0 Å². The summed E-state index contributed by atoms with van der Waals surface area (Å²) in [6.45, 7) is 3.58. The number of esters is 1. The summed E-state index contributed by atoms with van der Waals surface area (Å²) in [6.07, 6.45) is 1.13. The Morgan fingerprint density at radius 1 is 1.33 bits per heavy atom. The molecule has 1 aromatic heterocycles. The van der Waals surface area contributed by atoms with Gasteiger partial charge in [-0.15, -0.1) is 0 Å². The van der Waals surface area contributed by atoms with Gasteiger partial charge >= 0.3 is 17.7 Å². The average molecular weight is 295 g/mol. The molecule has 8 nitrogen and oxygen atoms in total. The van der Waals surface area contributed by atoms with E-state index in [0.717, 1.165) is 6.20 Å². The largest absolute Gasteiger partial charge is 0.618 e. The fraction of sp³-hybridized carbons (Fsp3) is 0.385. The minimum absolute atomic E-state index is 0.241. The lowest BCUT2D eigenvalue weighted by atomic mass is 10.2. The lowest BCUT2D eigenvalue weighted by Crippen LogP contribution is -2.43. The molecule has 0 unspecified atom stereocenters. The van der Waals surface area contributed by atoms with E-state index in [1.165, 1.54) is 18.2 Å². The SMILES string of the molecule is CC(C)CNC(=O)NC(=O)COC(=O)c1cccc[n+]1[O-]. The molecule has 0 aliphatic heterocycles. The van der Waals surface area contributed by atoms with Crippen molar-refractivity contribution < 1.29 is 23.9 Å². The number of imide groups is 1. The molecule has 0 radical (unpaired) electrons. The highest BCUT2D eigenvalue weighted by Crippen LogP contribution is 1.94. The summed E-state index contributed by atoms with van der Waals surface area (Å²) < 4.78 is 4.97. The monoisotopic (exact) mass is 295 g/mol. The Balaban J connectivity index is 2.38. The molecular formula is C13H17N3O5. The third-order valence-corrected chi connectivity index (χ3v) is 2.29. The van der Waals surface area contributed by atoms with E-state index in [9.17, 15) is 19.6 Å². The summed E-state index contributed by atoms with van der Waals surface area (Å²) in [5.41, 5.74) is -0.241. The van der Waals surface area contributed by atoms with Crippen LogP contribution in [0, 0.1) is 11.1 Å². The minimum atomic E-state index is -0.941. The molecule has 0 atom stereocenters. The van der Waals surface area contributed by atoms with Crippen molar-refractivity contribution in [2.45, 2.75) is 13.8 Å². The zero-order chi connectivity index (χ0) is 15.8. The molecule has 0 spiro atoms. The molecule has 2 N–H and O–H groups in total. The number of rotatable bonds is 5. The molecule has 8 heteroatoms. The number of pyridine rings is 1. The maximum Gasteiger partial charge on any atom is 0.405 e.